The standard InChI is InChI=1S/C20H26N2O3S2/c1-3-15(2)21-20(23)17-9-7-16(8-10-17)18-11-12-19(26-18)27(24,25)22-13-5-4-6-14-22/h7-12,15H,3-6,13-14H2,1-2H3,(H,21,23). The number of hydrogen-bond donors (Lipinski definition) is 1. The largest absolute Gasteiger partial charge is 0.350 e. The Labute approximate surface area is 165 Å². The van der Waals surface area contributed by atoms with E-state index in [0.717, 1.165) is 36.1 Å². The van der Waals surface area contributed by atoms with Crippen molar-refractivity contribution in [3.05, 3.63) is 42.0 Å². The van der Waals surface area contributed by atoms with Crippen LogP contribution >= 0.6 is 11.3 Å². The lowest BCUT2D eigenvalue weighted by Gasteiger charge is -2.25. The molecule has 1 unspecified atom stereocenters. The molecule has 1 aliphatic rings. The zero-order valence-corrected chi connectivity index (χ0v) is 17.4. The van der Waals surface area contributed by atoms with Gasteiger partial charge in [0.2, 0.25) is 0 Å². The van der Waals surface area contributed by atoms with Gasteiger partial charge in [0.25, 0.3) is 15.9 Å². The number of benzene rings is 1. The van der Waals surface area contributed by atoms with E-state index in [4.69, 9.17) is 0 Å². The smallest absolute Gasteiger partial charge is 0.252 e. The fraction of sp³-hybridized carbons (Fsp3) is 0.450. The van der Waals surface area contributed by atoms with Crippen molar-refractivity contribution in [3.8, 4) is 10.4 Å². The summed E-state index contributed by atoms with van der Waals surface area (Å²) < 4.78 is 27.6. The Morgan fingerprint density at radius 3 is 2.41 bits per heavy atom. The quantitative estimate of drug-likeness (QED) is 0.785. The number of carbonyl (C=O) groups is 1. The Bertz CT molecular complexity index is 882. The molecule has 1 saturated heterocycles. The van der Waals surface area contributed by atoms with Crippen LogP contribution in [-0.2, 0) is 10.0 Å². The van der Waals surface area contributed by atoms with Gasteiger partial charge in [-0.1, -0.05) is 25.5 Å². The molecule has 0 bridgehead atoms. The highest BCUT2D eigenvalue weighted by Crippen LogP contribution is 2.33. The van der Waals surface area contributed by atoms with Crippen LogP contribution in [0.15, 0.2) is 40.6 Å². The maximum absolute atomic E-state index is 12.8. The van der Waals surface area contributed by atoms with Gasteiger partial charge in [0.1, 0.15) is 4.21 Å². The number of sulfonamides is 1. The molecule has 146 valence electrons. The highest BCUT2D eigenvalue weighted by atomic mass is 32.2. The topological polar surface area (TPSA) is 66.5 Å². The molecular weight excluding hydrogens is 380 g/mol. The van der Waals surface area contributed by atoms with Crippen LogP contribution in [0.4, 0.5) is 0 Å². The lowest BCUT2D eigenvalue weighted by atomic mass is 10.1. The molecule has 3 rings (SSSR count). The third kappa shape index (κ3) is 4.59. The minimum Gasteiger partial charge on any atom is -0.350 e. The summed E-state index contributed by atoms with van der Waals surface area (Å²) in [5, 5.41) is 2.94. The molecule has 2 heterocycles. The molecule has 1 amide bonds. The fourth-order valence-electron chi connectivity index (χ4n) is 3.04. The number of nitrogens with one attached hydrogen (secondary N) is 1. The third-order valence-electron chi connectivity index (χ3n) is 4.91. The van der Waals surface area contributed by atoms with Crippen molar-refractivity contribution < 1.29 is 13.2 Å². The molecule has 2 aromatic rings. The summed E-state index contributed by atoms with van der Waals surface area (Å²) in [7, 11) is -3.40. The maximum Gasteiger partial charge on any atom is 0.252 e. The number of carbonyl (C=O) groups excluding carboxylic acids is 1. The predicted molar refractivity (Wildman–Crippen MR) is 110 cm³/mol. The highest BCUT2D eigenvalue weighted by Gasteiger charge is 2.27. The van der Waals surface area contributed by atoms with Crippen molar-refractivity contribution in [2.45, 2.75) is 49.8 Å². The van der Waals surface area contributed by atoms with Gasteiger partial charge in [-0.15, -0.1) is 11.3 Å². The first-order valence-corrected chi connectivity index (χ1v) is 11.7. The van der Waals surface area contributed by atoms with Crippen molar-refractivity contribution in [2.24, 2.45) is 0 Å². The number of rotatable bonds is 6. The van der Waals surface area contributed by atoms with Crippen molar-refractivity contribution in [1.82, 2.24) is 9.62 Å². The Balaban J connectivity index is 1.75. The number of amides is 1. The van der Waals surface area contributed by atoms with Crippen LogP contribution in [0.1, 0.15) is 49.9 Å². The van der Waals surface area contributed by atoms with Crippen LogP contribution in [0, 0.1) is 0 Å². The summed E-state index contributed by atoms with van der Waals surface area (Å²) in [4.78, 5) is 13.1. The molecule has 7 heteroatoms. The third-order valence-corrected chi connectivity index (χ3v) is 8.41. The van der Waals surface area contributed by atoms with E-state index in [1.807, 2.05) is 32.0 Å². The van der Waals surface area contributed by atoms with Crippen molar-refractivity contribution in [3.63, 3.8) is 0 Å². The Kier molecular flexibility index (Phi) is 6.34. The monoisotopic (exact) mass is 406 g/mol. The molecular formula is C20H26N2O3S2. The summed E-state index contributed by atoms with van der Waals surface area (Å²) in [6.45, 7) is 5.22. The van der Waals surface area contributed by atoms with E-state index in [2.05, 4.69) is 5.32 Å². The molecule has 0 saturated carbocycles. The molecule has 1 aromatic heterocycles. The van der Waals surface area contributed by atoms with Crippen LogP contribution in [0.5, 0.6) is 0 Å². The van der Waals surface area contributed by atoms with Crippen LogP contribution in [-0.4, -0.2) is 37.8 Å². The van der Waals surface area contributed by atoms with E-state index in [9.17, 15) is 13.2 Å². The second-order valence-corrected chi connectivity index (χ2v) is 10.2. The average Bonchev–Trinajstić information content (AvgIpc) is 3.19. The van der Waals surface area contributed by atoms with Crippen LogP contribution in [0.3, 0.4) is 0 Å². The molecule has 1 N–H and O–H groups in total. The summed E-state index contributed by atoms with van der Waals surface area (Å²) in [5.74, 6) is -0.0876. The molecule has 27 heavy (non-hydrogen) atoms. The van der Waals surface area contributed by atoms with Crippen molar-refractivity contribution in [2.75, 3.05) is 13.1 Å². The van der Waals surface area contributed by atoms with Gasteiger partial charge in [0, 0.05) is 29.6 Å². The summed E-state index contributed by atoms with van der Waals surface area (Å²) >= 11 is 1.28. The minimum absolute atomic E-state index is 0.0876. The highest BCUT2D eigenvalue weighted by molar-refractivity contribution is 7.91. The lowest BCUT2D eigenvalue weighted by Crippen LogP contribution is -2.35. The lowest BCUT2D eigenvalue weighted by molar-refractivity contribution is 0.0939. The van der Waals surface area contributed by atoms with E-state index < -0.39 is 10.0 Å². The number of hydrogen-bond acceptors (Lipinski definition) is 4. The Hall–Kier alpha value is -1.70. The van der Waals surface area contributed by atoms with Crippen LogP contribution < -0.4 is 5.32 Å². The second kappa shape index (κ2) is 8.54. The van der Waals surface area contributed by atoms with Gasteiger partial charge in [0.15, 0.2) is 0 Å². The van der Waals surface area contributed by atoms with Crippen molar-refractivity contribution >= 4 is 27.3 Å². The van der Waals surface area contributed by atoms with E-state index in [-0.39, 0.29) is 11.9 Å². The first-order chi connectivity index (χ1) is 12.9. The normalized spacial score (nSPS) is 16.8. The van der Waals surface area contributed by atoms with Gasteiger partial charge in [-0.05, 0) is 56.0 Å². The Morgan fingerprint density at radius 1 is 1.11 bits per heavy atom. The molecule has 1 atom stereocenters. The first-order valence-electron chi connectivity index (χ1n) is 9.43. The summed E-state index contributed by atoms with van der Waals surface area (Å²) in [6.07, 6.45) is 3.83. The van der Waals surface area contributed by atoms with Gasteiger partial charge in [-0.25, -0.2) is 8.42 Å². The minimum atomic E-state index is -3.40. The molecule has 1 aliphatic heterocycles. The van der Waals surface area contributed by atoms with E-state index >= 15 is 0 Å². The summed E-state index contributed by atoms with van der Waals surface area (Å²) in [6, 6.07) is 11.0. The van der Waals surface area contributed by atoms with Gasteiger partial charge < -0.3 is 5.32 Å². The predicted octanol–water partition coefficient (Wildman–Crippen LogP) is 4.12. The van der Waals surface area contributed by atoms with E-state index in [1.54, 1.807) is 22.5 Å². The first kappa shape index (κ1) is 20.0. The van der Waals surface area contributed by atoms with Gasteiger partial charge in [0.05, 0.1) is 0 Å². The van der Waals surface area contributed by atoms with Crippen LogP contribution in [0.2, 0.25) is 0 Å². The fourth-order valence-corrected chi connectivity index (χ4v) is 6.02. The molecule has 5 nitrogen and oxygen atoms in total. The number of piperidine rings is 1. The van der Waals surface area contributed by atoms with Crippen LogP contribution in [0.25, 0.3) is 10.4 Å². The molecule has 0 aliphatic carbocycles. The summed E-state index contributed by atoms with van der Waals surface area (Å²) in [5.41, 5.74) is 1.52. The zero-order chi connectivity index (χ0) is 19.4. The zero-order valence-electron chi connectivity index (χ0n) is 15.8. The average molecular weight is 407 g/mol. The van der Waals surface area contributed by atoms with Gasteiger partial charge in [-0.3, -0.25) is 4.79 Å². The maximum atomic E-state index is 12.8. The SMILES string of the molecule is CCC(C)NC(=O)c1ccc(-c2ccc(S(=O)(=O)N3CCCCC3)s2)cc1. The molecule has 1 fully saturated rings. The number of nitrogens with zero attached hydrogens (tertiary/aromatic N) is 1. The molecule has 0 radical (unpaired) electrons. The number of thiophene rings is 1. The van der Waals surface area contributed by atoms with E-state index in [0.29, 0.717) is 22.9 Å². The van der Waals surface area contributed by atoms with E-state index in [1.165, 1.54) is 11.3 Å². The van der Waals surface area contributed by atoms with Gasteiger partial charge in [-0.2, -0.15) is 4.31 Å². The molecule has 0 spiro atoms. The van der Waals surface area contributed by atoms with Gasteiger partial charge >= 0.3 is 0 Å². The Morgan fingerprint density at radius 2 is 1.78 bits per heavy atom. The molecule has 1 aromatic carbocycles. The van der Waals surface area contributed by atoms with Crippen molar-refractivity contribution in [1.29, 1.82) is 0 Å². The second-order valence-electron chi connectivity index (χ2n) is 6.94.